The van der Waals surface area contributed by atoms with Gasteiger partial charge in [0.25, 0.3) is 0 Å². The minimum atomic E-state index is 0. The van der Waals surface area contributed by atoms with E-state index in [1.165, 1.54) is 6.42 Å². The van der Waals surface area contributed by atoms with Crippen LogP contribution in [0.15, 0.2) is 0 Å². The van der Waals surface area contributed by atoms with Crippen LogP contribution in [0.1, 0.15) is 26.2 Å². The van der Waals surface area contributed by atoms with Gasteiger partial charge < -0.3 is 10.5 Å². The molecular formula is C7H16ClNO. The van der Waals surface area contributed by atoms with Crippen molar-refractivity contribution in [3.05, 3.63) is 0 Å². The van der Waals surface area contributed by atoms with Gasteiger partial charge in [0.2, 0.25) is 0 Å². The number of hydrogen-bond acceptors (Lipinski definition) is 2. The number of halogens is 1. The van der Waals surface area contributed by atoms with E-state index in [0.29, 0.717) is 12.1 Å². The van der Waals surface area contributed by atoms with E-state index in [1.807, 2.05) is 6.92 Å². The van der Waals surface area contributed by atoms with E-state index in [0.717, 1.165) is 19.4 Å². The molecule has 1 saturated carbocycles. The van der Waals surface area contributed by atoms with Crippen LogP contribution in [-0.4, -0.2) is 18.8 Å². The van der Waals surface area contributed by atoms with Crippen LogP contribution in [0.3, 0.4) is 0 Å². The highest BCUT2D eigenvalue weighted by Gasteiger charge is 2.23. The normalized spacial score (nSPS) is 31.8. The van der Waals surface area contributed by atoms with Crippen LogP contribution in [-0.2, 0) is 4.74 Å². The molecule has 0 radical (unpaired) electrons. The van der Waals surface area contributed by atoms with Crippen molar-refractivity contribution in [2.45, 2.75) is 38.3 Å². The fourth-order valence-corrected chi connectivity index (χ4v) is 1.38. The zero-order valence-corrected chi connectivity index (χ0v) is 7.19. The summed E-state index contributed by atoms with van der Waals surface area (Å²) in [5.74, 6) is 0. The molecule has 10 heavy (non-hydrogen) atoms. The first-order valence-corrected chi connectivity index (χ1v) is 3.71. The molecular weight excluding hydrogens is 150 g/mol. The van der Waals surface area contributed by atoms with Gasteiger partial charge >= 0.3 is 0 Å². The molecule has 1 rings (SSSR count). The molecule has 0 aromatic rings. The van der Waals surface area contributed by atoms with Crippen molar-refractivity contribution in [1.29, 1.82) is 0 Å². The summed E-state index contributed by atoms with van der Waals surface area (Å²) in [4.78, 5) is 0. The lowest BCUT2D eigenvalue weighted by molar-refractivity contribution is 0.0576. The Balaban J connectivity index is 0.000000810. The summed E-state index contributed by atoms with van der Waals surface area (Å²) in [6.45, 7) is 2.82. The van der Waals surface area contributed by atoms with Gasteiger partial charge in [-0.25, -0.2) is 0 Å². The van der Waals surface area contributed by atoms with Crippen LogP contribution < -0.4 is 5.73 Å². The second-order valence-electron chi connectivity index (χ2n) is 2.59. The van der Waals surface area contributed by atoms with Gasteiger partial charge in [-0.15, -0.1) is 12.4 Å². The molecule has 0 saturated heterocycles. The van der Waals surface area contributed by atoms with E-state index in [1.54, 1.807) is 0 Å². The molecule has 0 aromatic carbocycles. The zero-order valence-electron chi connectivity index (χ0n) is 6.38. The van der Waals surface area contributed by atoms with Gasteiger partial charge in [0.05, 0.1) is 6.10 Å². The van der Waals surface area contributed by atoms with Crippen LogP contribution in [0.2, 0.25) is 0 Å². The van der Waals surface area contributed by atoms with Crippen molar-refractivity contribution in [1.82, 2.24) is 0 Å². The Morgan fingerprint density at radius 3 is 2.60 bits per heavy atom. The number of rotatable bonds is 2. The van der Waals surface area contributed by atoms with Gasteiger partial charge in [0.15, 0.2) is 0 Å². The molecule has 2 N–H and O–H groups in total. The summed E-state index contributed by atoms with van der Waals surface area (Å²) in [6, 6.07) is 0.310. The van der Waals surface area contributed by atoms with Crippen molar-refractivity contribution < 1.29 is 4.74 Å². The first kappa shape index (κ1) is 10.2. The van der Waals surface area contributed by atoms with Crippen LogP contribution in [0.4, 0.5) is 0 Å². The topological polar surface area (TPSA) is 35.2 Å². The van der Waals surface area contributed by atoms with E-state index in [-0.39, 0.29) is 12.4 Å². The Morgan fingerprint density at radius 2 is 2.20 bits per heavy atom. The third-order valence-electron chi connectivity index (χ3n) is 1.88. The van der Waals surface area contributed by atoms with E-state index >= 15 is 0 Å². The predicted octanol–water partition coefficient (Wildman–Crippen LogP) is 1.32. The van der Waals surface area contributed by atoms with Crippen LogP contribution in [0, 0.1) is 0 Å². The molecule has 2 atom stereocenters. The molecule has 0 unspecified atom stereocenters. The second-order valence-corrected chi connectivity index (χ2v) is 2.59. The highest BCUT2D eigenvalue weighted by Crippen LogP contribution is 2.19. The third kappa shape index (κ3) is 2.45. The maximum absolute atomic E-state index is 5.74. The van der Waals surface area contributed by atoms with Crippen molar-refractivity contribution in [3.8, 4) is 0 Å². The molecule has 62 valence electrons. The molecule has 0 aliphatic heterocycles. The van der Waals surface area contributed by atoms with Gasteiger partial charge in [0, 0.05) is 12.6 Å². The molecule has 0 bridgehead atoms. The van der Waals surface area contributed by atoms with Crippen molar-refractivity contribution in [3.63, 3.8) is 0 Å². The highest BCUT2D eigenvalue weighted by atomic mass is 35.5. The lowest BCUT2D eigenvalue weighted by atomic mass is 10.2. The Kier molecular flexibility index (Phi) is 5.04. The lowest BCUT2D eigenvalue weighted by Gasteiger charge is -2.14. The van der Waals surface area contributed by atoms with Crippen molar-refractivity contribution in [2.24, 2.45) is 5.73 Å². The number of ether oxygens (including phenoxy) is 1. The molecule has 2 nitrogen and oxygen atoms in total. The fourth-order valence-electron chi connectivity index (χ4n) is 1.38. The maximum atomic E-state index is 5.74. The van der Waals surface area contributed by atoms with Gasteiger partial charge in [-0.3, -0.25) is 0 Å². The Bertz CT molecular complexity index is 89.7. The SMILES string of the molecule is CCO[C@H]1CCC[C@@H]1N.Cl. The predicted molar refractivity (Wildman–Crippen MR) is 44.5 cm³/mol. The third-order valence-corrected chi connectivity index (χ3v) is 1.88. The Hall–Kier alpha value is 0.210. The molecule has 0 heterocycles. The Morgan fingerprint density at radius 1 is 1.50 bits per heavy atom. The van der Waals surface area contributed by atoms with Crippen LogP contribution >= 0.6 is 12.4 Å². The van der Waals surface area contributed by atoms with E-state index in [4.69, 9.17) is 10.5 Å². The van der Waals surface area contributed by atoms with Crippen molar-refractivity contribution in [2.75, 3.05) is 6.61 Å². The quantitative estimate of drug-likeness (QED) is 0.670. The molecule has 3 heteroatoms. The largest absolute Gasteiger partial charge is 0.377 e. The van der Waals surface area contributed by atoms with E-state index in [2.05, 4.69) is 0 Å². The van der Waals surface area contributed by atoms with Crippen molar-refractivity contribution >= 4 is 12.4 Å². The smallest absolute Gasteiger partial charge is 0.0725 e. The summed E-state index contributed by atoms with van der Waals surface area (Å²) in [5.41, 5.74) is 5.74. The minimum absolute atomic E-state index is 0. The molecule has 0 spiro atoms. The summed E-state index contributed by atoms with van der Waals surface area (Å²) in [6.07, 6.45) is 3.90. The summed E-state index contributed by atoms with van der Waals surface area (Å²) < 4.78 is 5.39. The first-order valence-electron chi connectivity index (χ1n) is 3.71. The van der Waals surface area contributed by atoms with Gasteiger partial charge in [0.1, 0.15) is 0 Å². The van der Waals surface area contributed by atoms with Crippen LogP contribution in [0.25, 0.3) is 0 Å². The standard InChI is InChI=1S/C7H15NO.ClH/c1-2-9-7-5-3-4-6(7)8;/h6-7H,2-5,8H2,1H3;1H/t6-,7-;/m0./s1. The monoisotopic (exact) mass is 165 g/mol. The average molecular weight is 166 g/mol. The second kappa shape index (κ2) is 4.94. The molecule has 0 amide bonds. The summed E-state index contributed by atoms with van der Waals surface area (Å²) >= 11 is 0. The summed E-state index contributed by atoms with van der Waals surface area (Å²) in [5, 5.41) is 0. The van der Waals surface area contributed by atoms with Gasteiger partial charge in [-0.2, -0.15) is 0 Å². The molecule has 1 fully saturated rings. The van der Waals surface area contributed by atoms with Gasteiger partial charge in [-0.1, -0.05) is 0 Å². The molecule has 1 aliphatic rings. The lowest BCUT2D eigenvalue weighted by Crippen LogP contribution is -2.31. The Labute approximate surface area is 68.5 Å². The minimum Gasteiger partial charge on any atom is -0.377 e. The highest BCUT2D eigenvalue weighted by molar-refractivity contribution is 5.85. The van der Waals surface area contributed by atoms with Crippen LogP contribution in [0.5, 0.6) is 0 Å². The van der Waals surface area contributed by atoms with E-state index < -0.39 is 0 Å². The molecule has 0 aromatic heterocycles. The summed E-state index contributed by atoms with van der Waals surface area (Å²) in [7, 11) is 0. The number of nitrogens with two attached hydrogens (primary N) is 1. The number of hydrogen-bond donors (Lipinski definition) is 1. The first-order chi connectivity index (χ1) is 4.34. The fraction of sp³-hybridized carbons (Fsp3) is 1.00. The molecule has 1 aliphatic carbocycles. The van der Waals surface area contributed by atoms with Gasteiger partial charge in [-0.05, 0) is 26.2 Å². The zero-order chi connectivity index (χ0) is 6.69. The average Bonchev–Trinajstić information content (AvgIpc) is 2.18. The maximum Gasteiger partial charge on any atom is 0.0725 e. The van der Waals surface area contributed by atoms with E-state index in [9.17, 15) is 0 Å².